The SMILES string of the molecule is C=C(CCCC)CCCCC(=C)N(CC(CC)C(C)CC)C(/C(=C/C(=C\C)C1CC(C)=CC=C1C)CCc1ccccc1)C(C)(C)C. The minimum Gasteiger partial charge on any atom is -0.368 e. The molecule has 47 heavy (non-hydrogen) atoms. The highest BCUT2D eigenvalue weighted by Gasteiger charge is 2.36. The topological polar surface area (TPSA) is 3.24 Å². The summed E-state index contributed by atoms with van der Waals surface area (Å²) in [7, 11) is 0. The number of hydrogen-bond acceptors (Lipinski definition) is 1. The first kappa shape index (κ1) is 40.6. The molecule has 1 aliphatic carbocycles. The van der Waals surface area contributed by atoms with E-state index in [1.54, 1.807) is 5.57 Å². The Labute approximate surface area is 293 Å². The van der Waals surface area contributed by atoms with Crippen LogP contribution < -0.4 is 0 Å². The number of unbranched alkanes of at least 4 members (excludes halogenated alkanes) is 2. The van der Waals surface area contributed by atoms with E-state index in [1.165, 1.54) is 78.5 Å². The van der Waals surface area contributed by atoms with Crippen molar-refractivity contribution < 1.29 is 0 Å². The summed E-state index contributed by atoms with van der Waals surface area (Å²) in [6.07, 6.45) is 23.6. The number of aryl methyl sites for hydroxylation is 1. The molecular formula is C46H73N. The first-order chi connectivity index (χ1) is 22.4. The fraction of sp³-hybridized carbons (Fsp3) is 0.609. The molecule has 0 aliphatic heterocycles. The highest BCUT2D eigenvalue weighted by atomic mass is 15.2. The molecule has 0 saturated carbocycles. The van der Waals surface area contributed by atoms with Crippen molar-refractivity contribution in [1.82, 2.24) is 4.90 Å². The van der Waals surface area contributed by atoms with Crippen LogP contribution >= 0.6 is 0 Å². The lowest BCUT2D eigenvalue weighted by Gasteiger charge is -2.46. The van der Waals surface area contributed by atoms with Crippen LogP contribution in [0.2, 0.25) is 0 Å². The molecule has 0 aromatic heterocycles. The molecule has 0 heterocycles. The van der Waals surface area contributed by atoms with E-state index >= 15 is 0 Å². The minimum atomic E-state index is 0.0414. The maximum Gasteiger partial charge on any atom is 0.0550 e. The fourth-order valence-electron chi connectivity index (χ4n) is 7.48. The van der Waals surface area contributed by atoms with Crippen molar-refractivity contribution in [2.75, 3.05) is 6.54 Å². The molecule has 0 bridgehead atoms. The van der Waals surface area contributed by atoms with Gasteiger partial charge in [-0.15, -0.1) is 0 Å². The predicted molar refractivity (Wildman–Crippen MR) is 212 cm³/mol. The second-order valence-corrected chi connectivity index (χ2v) is 15.8. The Kier molecular flexibility index (Phi) is 17.9. The van der Waals surface area contributed by atoms with Crippen LogP contribution in [-0.2, 0) is 6.42 Å². The van der Waals surface area contributed by atoms with Crippen molar-refractivity contribution >= 4 is 0 Å². The number of allylic oxidation sites excluding steroid dienone is 9. The van der Waals surface area contributed by atoms with Gasteiger partial charge in [0, 0.05) is 18.2 Å². The van der Waals surface area contributed by atoms with Gasteiger partial charge in [0.05, 0.1) is 6.04 Å². The summed E-state index contributed by atoms with van der Waals surface area (Å²) in [5, 5.41) is 0. The van der Waals surface area contributed by atoms with Gasteiger partial charge in [-0.25, -0.2) is 0 Å². The summed E-state index contributed by atoms with van der Waals surface area (Å²) in [6.45, 7) is 34.1. The molecule has 262 valence electrons. The molecule has 0 fully saturated rings. The first-order valence-electron chi connectivity index (χ1n) is 19.2. The molecule has 1 aromatic rings. The van der Waals surface area contributed by atoms with Crippen LogP contribution in [0.25, 0.3) is 0 Å². The molecule has 1 nitrogen and oxygen atoms in total. The van der Waals surface area contributed by atoms with Crippen molar-refractivity contribution in [3.8, 4) is 0 Å². The third kappa shape index (κ3) is 13.5. The fourth-order valence-corrected chi connectivity index (χ4v) is 7.48. The minimum absolute atomic E-state index is 0.0414. The Bertz CT molecular complexity index is 1210. The van der Waals surface area contributed by atoms with Gasteiger partial charge in [-0.1, -0.05) is 152 Å². The molecule has 4 atom stereocenters. The molecule has 0 amide bonds. The molecular weight excluding hydrogens is 567 g/mol. The van der Waals surface area contributed by atoms with Gasteiger partial charge in [-0.2, -0.15) is 0 Å². The zero-order valence-electron chi connectivity index (χ0n) is 32.6. The van der Waals surface area contributed by atoms with Crippen molar-refractivity contribution in [3.05, 3.63) is 107 Å². The molecule has 2 rings (SSSR count). The van der Waals surface area contributed by atoms with Gasteiger partial charge < -0.3 is 4.90 Å². The third-order valence-corrected chi connectivity index (χ3v) is 10.8. The molecule has 4 unspecified atom stereocenters. The zero-order valence-corrected chi connectivity index (χ0v) is 32.6. The van der Waals surface area contributed by atoms with Crippen molar-refractivity contribution in [3.63, 3.8) is 0 Å². The largest absolute Gasteiger partial charge is 0.368 e. The molecule has 0 saturated heterocycles. The second-order valence-electron chi connectivity index (χ2n) is 15.8. The summed E-state index contributed by atoms with van der Waals surface area (Å²) >= 11 is 0. The summed E-state index contributed by atoms with van der Waals surface area (Å²) < 4.78 is 0. The first-order valence-corrected chi connectivity index (χ1v) is 19.2. The van der Waals surface area contributed by atoms with Crippen LogP contribution in [0.4, 0.5) is 0 Å². The molecule has 1 aromatic carbocycles. The van der Waals surface area contributed by atoms with E-state index in [9.17, 15) is 0 Å². The van der Waals surface area contributed by atoms with E-state index in [0.29, 0.717) is 17.8 Å². The average Bonchev–Trinajstić information content (AvgIpc) is 3.05. The Hall–Kier alpha value is -2.54. The zero-order chi connectivity index (χ0) is 35.0. The maximum absolute atomic E-state index is 4.89. The highest BCUT2D eigenvalue weighted by Crippen LogP contribution is 2.40. The average molecular weight is 640 g/mol. The van der Waals surface area contributed by atoms with Crippen LogP contribution in [0.5, 0.6) is 0 Å². The van der Waals surface area contributed by atoms with Crippen LogP contribution in [0.3, 0.4) is 0 Å². The van der Waals surface area contributed by atoms with E-state index in [-0.39, 0.29) is 11.5 Å². The van der Waals surface area contributed by atoms with E-state index in [0.717, 1.165) is 38.6 Å². The summed E-state index contributed by atoms with van der Waals surface area (Å²) in [5.41, 5.74) is 10.2. The molecule has 0 radical (unpaired) electrons. The number of rotatable bonds is 21. The van der Waals surface area contributed by atoms with Gasteiger partial charge in [0.15, 0.2) is 0 Å². The Morgan fingerprint density at radius 1 is 0.915 bits per heavy atom. The number of benzene rings is 1. The lowest BCUT2D eigenvalue weighted by molar-refractivity contribution is 0.118. The summed E-state index contributed by atoms with van der Waals surface area (Å²) in [4.78, 5) is 2.80. The Morgan fingerprint density at radius 3 is 2.17 bits per heavy atom. The van der Waals surface area contributed by atoms with Gasteiger partial charge in [-0.3, -0.25) is 0 Å². The van der Waals surface area contributed by atoms with E-state index in [2.05, 4.69) is 135 Å². The van der Waals surface area contributed by atoms with E-state index in [1.807, 2.05) is 0 Å². The normalized spacial score (nSPS) is 17.9. The lowest BCUT2D eigenvalue weighted by atomic mass is 9.75. The van der Waals surface area contributed by atoms with Gasteiger partial charge in [0.2, 0.25) is 0 Å². The summed E-state index contributed by atoms with van der Waals surface area (Å²) in [5.74, 6) is 1.77. The molecule has 0 N–H and O–H groups in total. The molecule has 0 spiro atoms. The molecule has 1 aliphatic rings. The Morgan fingerprint density at radius 2 is 1.57 bits per heavy atom. The standard InChI is InChI=1S/C46H73N/c1-13-17-23-35(5)24-21-22-25-39(9)47(34-42(16-4)37(7)14-2)45(46(10,11)12)43(31-30-40-26-19-18-20-27-40)33-41(15-3)44-32-36(6)28-29-38(44)8/h15,18-20,26-29,33,37,42,44-45H,5,9,13-14,16-17,21-25,30-32,34H2,1-4,6-8,10-12H3/b41-15+,43-33+. The van der Waals surface area contributed by atoms with Crippen LogP contribution in [-0.4, -0.2) is 17.5 Å². The van der Waals surface area contributed by atoms with E-state index < -0.39 is 0 Å². The Balaban J connectivity index is 2.59. The number of nitrogens with zero attached hydrogens (tertiary/aromatic N) is 1. The monoisotopic (exact) mass is 640 g/mol. The highest BCUT2D eigenvalue weighted by molar-refractivity contribution is 5.39. The van der Waals surface area contributed by atoms with Crippen LogP contribution in [0, 0.1) is 23.2 Å². The van der Waals surface area contributed by atoms with Gasteiger partial charge in [0.25, 0.3) is 0 Å². The maximum atomic E-state index is 4.89. The van der Waals surface area contributed by atoms with Crippen molar-refractivity contribution in [2.24, 2.45) is 23.2 Å². The van der Waals surface area contributed by atoms with E-state index in [4.69, 9.17) is 6.58 Å². The second kappa shape index (κ2) is 20.7. The van der Waals surface area contributed by atoms with Crippen LogP contribution in [0.1, 0.15) is 145 Å². The van der Waals surface area contributed by atoms with Crippen molar-refractivity contribution in [2.45, 2.75) is 152 Å². The van der Waals surface area contributed by atoms with Crippen molar-refractivity contribution in [1.29, 1.82) is 0 Å². The van der Waals surface area contributed by atoms with Gasteiger partial charge in [0.1, 0.15) is 0 Å². The predicted octanol–water partition coefficient (Wildman–Crippen LogP) is 14.0. The quantitative estimate of drug-likeness (QED) is 0.0735. The van der Waals surface area contributed by atoms with Gasteiger partial charge in [-0.05, 0) is 113 Å². The van der Waals surface area contributed by atoms with Crippen LogP contribution in [0.15, 0.2) is 101 Å². The molecule has 1 heteroatoms. The smallest absolute Gasteiger partial charge is 0.0550 e. The lowest BCUT2D eigenvalue weighted by Crippen LogP contribution is -2.47. The van der Waals surface area contributed by atoms with Gasteiger partial charge >= 0.3 is 0 Å². The summed E-state index contributed by atoms with van der Waals surface area (Å²) in [6, 6.07) is 11.4. The number of hydrogen-bond donors (Lipinski definition) is 0. The third-order valence-electron chi connectivity index (χ3n) is 10.8.